The molecule has 0 aliphatic rings. The molecule has 0 fully saturated rings. The van der Waals surface area contributed by atoms with Gasteiger partial charge in [0, 0.05) is 13.6 Å². The van der Waals surface area contributed by atoms with Gasteiger partial charge in [-0.05, 0) is 6.92 Å². The second-order valence-electron chi connectivity index (χ2n) is 2.93. The van der Waals surface area contributed by atoms with E-state index in [-0.39, 0.29) is 0 Å². The van der Waals surface area contributed by atoms with E-state index in [9.17, 15) is 0 Å². The predicted octanol–water partition coefficient (Wildman–Crippen LogP) is 0.223. The van der Waals surface area contributed by atoms with Crippen molar-refractivity contribution in [3.8, 4) is 0 Å². The van der Waals surface area contributed by atoms with Crippen LogP contribution in [-0.2, 0) is 13.6 Å². The molecule has 0 aliphatic heterocycles. The van der Waals surface area contributed by atoms with Gasteiger partial charge in [0.15, 0.2) is 0 Å². The lowest BCUT2D eigenvalue weighted by Crippen LogP contribution is -2.53. The summed E-state index contributed by atoms with van der Waals surface area (Å²) in [6.45, 7) is 14.4. The number of aromatic nitrogens is 2. The zero-order chi connectivity index (χ0) is 8.59. The van der Waals surface area contributed by atoms with Gasteiger partial charge in [-0.3, -0.25) is 0 Å². The first-order chi connectivity index (χ1) is 5.04. The van der Waals surface area contributed by atoms with Crippen LogP contribution in [0.5, 0.6) is 0 Å². The van der Waals surface area contributed by atoms with Crippen molar-refractivity contribution in [3.05, 3.63) is 23.1 Å². The van der Waals surface area contributed by atoms with Crippen molar-refractivity contribution >= 4 is 13.2 Å². The maximum atomic E-state index is 3.88. The molecular weight excluding hydrogens is 136 g/mol. The highest BCUT2D eigenvalue weighted by atomic mass is 15.2. The molecule has 0 saturated heterocycles. The monoisotopic (exact) mass is 150 g/mol. The van der Waals surface area contributed by atoms with Crippen LogP contribution in [0.4, 0.5) is 0 Å². The van der Waals surface area contributed by atoms with Crippen LogP contribution in [0.25, 0.3) is 13.2 Å². The summed E-state index contributed by atoms with van der Waals surface area (Å²) < 4.78 is 4.01. The van der Waals surface area contributed by atoms with Gasteiger partial charge in [-0.1, -0.05) is 25.3 Å². The van der Waals surface area contributed by atoms with Crippen molar-refractivity contribution in [1.82, 2.24) is 9.13 Å². The molecule has 0 amide bonds. The van der Waals surface area contributed by atoms with E-state index in [2.05, 4.69) is 19.7 Å². The largest absolute Gasteiger partial charge is 0.318 e. The Morgan fingerprint density at radius 2 is 1.82 bits per heavy atom. The van der Waals surface area contributed by atoms with E-state index in [1.54, 1.807) is 0 Å². The van der Waals surface area contributed by atoms with Crippen molar-refractivity contribution in [1.29, 1.82) is 0 Å². The third-order valence-corrected chi connectivity index (χ3v) is 1.83. The topological polar surface area (TPSA) is 9.86 Å². The fraction of sp³-hybridized carbons (Fsp3) is 0.333. The van der Waals surface area contributed by atoms with Gasteiger partial charge in [-0.15, -0.1) is 0 Å². The van der Waals surface area contributed by atoms with Gasteiger partial charge >= 0.3 is 0 Å². The highest BCUT2D eigenvalue weighted by Gasteiger charge is 2.00. The van der Waals surface area contributed by atoms with Crippen LogP contribution >= 0.6 is 0 Å². The number of nitrogens with zero attached hydrogens (tertiary/aromatic N) is 2. The van der Waals surface area contributed by atoms with Crippen LogP contribution in [0.1, 0.15) is 6.92 Å². The highest BCUT2D eigenvalue weighted by Crippen LogP contribution is 1.87. The van der Waals surface area contributed by atoms with Crippen molar-refractivity contribution in [2.75, 3.05) is 0 Å². The molecule has 0 radical (unpaired) electrons. The molecule has 60 valence electrons. The Kier molecular flexibility index (Phi) is 1.77. The minimum absolute atomic E-state index is 0.835. The summed E-state index contributed by atoms with van der Waals surface area (Å²) in [6.07, 6.45) is 0. The molecule has 1 heterocycles. The highest BCUT2D eigenvalue weighted by molar-refractivity contribution is 5.03. The first-order valence-electron chi connectivity index (χ1n) is 3.57. The Balaban J connectivity index is 3.01. The van der Waals surface area contributed by atoms with Crippen LogP contribution in [0.3, 0.4) is 0 Å². The van der Waals surface area contributed by atoms with Gasteiger partial charge in [0.25, 0.3) is 0 Å². The quantitative estimate of drug-likeness (QED) is 0.534. The summed E-state index contributed by atoms with van der Waals surface area (Å²) in [4.78, 5) is 0. The smallest absolute Gasteiger partial charge is 0.108 e. The first kappa shape index (κ1) is 7.92. The lowest BCUT2D eigenvalue weighted by Gasteiger charge is -2.18. The van der Waals surface area contributed by atoms with Crippen LogP contribution in [-0.4, -0.2) is 9.13 Å². The molecule has 0 saturated carbocycles. The lowest BCUT2D eigenvalue weighted by atomic mass is 10.3. The zero-order valence-corrected chi connectivity index (χ0v) is 7.22. The standard InChI is InChI=1S/C9H14N2/c1-7(2)6-11-8(3)10(5)9(11)4/h1,3-4,6H2,2,5H3. The first-order valence-corrected chi connectivity index (χ1v) is 3.57. The van der Waals surface area contributed by atoms with Gasteiger partial charge in [-0.25, -0.2) is 0 Å². The van der Waals surface area contributed by atoms with Gasteiger partial charge in [0.1, 0.15) is 11.0 Å². The van der Waals surface area contributed by atoms with Crippen LogP contribution in [0.2, 0.25) is 0 Å². The van der Waals surface area contributed by atoms with E-state index in [1.807, 2.05) is 23.1 Å². The van der Waals surface area contributed by atoms with E-state index >= 15 is 0 Å². The number of allylic oxidation sites excluding steroid dienone is 1. The molecule has 0 atom stereocenters. The molecule has 1 aromatic heterocycles. The third-order valence-electron chi connectivity index (χ3n) is 1.83. The summed E-state index contributed by atoms with van der Waals surface area (Å²) in [5, 5.41) is 0. The van der Waals surface area contributed by atoms with Crippen LogP contribution in [0.15, 0.2) is 12.2 Å². The summed E-state index contributed by atoms with van der Waals surface area (Å²) in [5.74, 6) is 0. The van der Waals surface area contributed by atoms with Gasteiger partial charge in [0.2, 0.25) is 0 Å². The maximum Gasteiger partial charge on any atom is 0.108 e. The molecule has 2 heteroatoms. The van der Waals surface area contributed by atoms with E-state index < -0.39 is 0 Å². The van der Waals surface area contributed by atoms with E-state index in [1.165, 1.54) is 0 Å². The molecule has 1 aromatic rings. The average Bonchev–Trinajstić information content (AvgIpc) is 1.98. The summed E-state index contributed by atoms with van der Waals surface area (Å²) in [5.41, 5.74) is 3.12. The van der Waals surface area contributed by atoms with E-state index in [0.717, 1.165) is 23.1 Å². The van der Waals surface area contributed by atoms with E-state index in [4.69, 9.17) is 0 Å². The molecule has 0 unspecified atom stereocenters. The number of hydrogen-bond acceptors (Lipinski definition) is 0. The second kappa shape index (κ2) is 2.46. The fourth-order valence-electron chi connectivity index (χ4n) is 1.07. The summed E-state index contributed by atoms with van der Waals surface area (Å²) in [7, 11) is 1.96. The normalized spacial score (nSPS) is 10.4. The molecule has 0 aromatic carbocycles. The molecule has 0 spiro atoms. The van der Waals surface area contributed by atoms with Crippen molar-refractivity contribution in [3.63, 3.8) is 0 Å². The Bertz CT molecular complexity index is 339. The minimum atomic E-state index is 0.835. The average molecular weight is 150 g/mol. The molecule has 1 rings (SSSR count). The fourth-order valence-corrected chi connectivity index (χ4v) is 1.07. The maximum absolute atomic E-state index is 3.88. The second-order valence-corrected chi connectivity index (χ2v) is 2.93. The van der Waals surface area contributed by atoms with E-state index in [0.29, 0.717) is 0 Å². The van der Waals surface area contributed by atoms with Crippen molar-refractivity contribution in [2.45, 2.75) is 13.5 Å². The number of rotatable bonds is 2. The third kappa shape index (κ3) is 1.16. The van der Waals surface area contributed by atoms with Gasteiger partial charge < -0.3 is 9.13 Å². The molecule has 0 bridgehead atoms. The molecule has 11 heavy (non-hydrogen) atoms. The van der Waals surface area contributed by atoms with Crippen molar-refractivity contribution < 1.29 is 0 Å². The SMILES string of the molecule is C=C(C)Cn1c(=C)n(C)c1=C. The predicted molar refractivity (Wildman–Crippen MR) is 48.5 cm³/mol. The van der Waals surface area contributed by atoms with Gasteiger partial charge in [-0.2, -0.15) is 0 Å². The Morgan fingerprint density at radius 3 is 2.18 bits per heavy atom. The Labute approximate surface area is 66.8 Å². The molecule has 0 N–H and O–H groups in total. The molecular formula is C9H14N2. The molecule has 0 aliphatic carbocycles. The van der Waals surface area contributed by atoms with Crippen molar-refractivity contribution in [2.24, 2.45) is 7.05 Å². The van der Waals surface area contributed by atoms with Crippen LogP contribution in [0, 0.1) is 0 Å². The summed E-state index contributed by atoms with van der Waals surface area (Å²) >= 11 is 0. The Morgan fingerprint density at radius 1 is 1.36 bits per heavy atom. The minimum Gasteiger partial charge on any atom is -0.318 e. The Hall–Kier alpha value is -1.18. The van der Waals surface area contributed by atoms with Crippen LogP contribution < -0.4 is 11.0 Å². The zero-order valence-electron chi connectivity index (χ0n) is 7.22. The number of hydrogen-bond donors (Lipinski definition) is 0. The summed E-state index contributed by atoms with van der Waals surface area (Å²) in [6, 6.07) is 0. The lowest BCUT2D eigenvalue weighted by molar-refractivity contribution is 0.529. The van der Waals surface area contributed by atoms with Gasteiger partial charge in [0.05, 0.1) is 0 Å². The molecule has 2 nitrogen and oxygen atoms in total.